The Labute approximate surface area is 129 Å². The number of carbonyl (C=O) groups is 1. The highest BCUT2D eigenvalue weighted by molar-refractivity contribution is 5.68. The van der Waals surface area contributed by atoms with Crippen LogP contribution in [0.1, 0.15) is 47.5 Å². The van der Waals surface area contributed by atoms with Gasteiger partial charge in [0, 0.05) is 37.3 Å². The summed E-state index contributed by atoms with van der Waals surface area (Å²) in [7, 11) is 2.23. The first kappa shape index (κ1) is 16.6. The molecule has 0 unspecified atom stereocenters. The fourth-order valence-electron chi connectivity index (χ4n) is 3.42. The van der Waals surface area contributed by atoms with E-state index in [0.29, 0.717) is 0 Å². The van der Waals surface area contributed by atoms with Gasteiger partial charge in [0.2, 0.25) is 0 Å². The third-order valence-electron chi connectivity index (χ3n) is 4.98. The molecule has 0 radical (unpaired) electrons. The van der Waals surface area contributed by atoms with E-state index in [9.17, 15) is 4.79 Å². The molecule has 1 amide bonds. The van der Waals surface area contributed by atoms with Gasteiger partial charge in [-0.2, -0.15) is 0 Å². The summed E-state index contributed by atoms with van der Waals surface area (Å²) >= 11 is 0. The number of piperidine rings is 1. The number of carbonyl (C=O) groups excluding carboxylic acids is 1. The molecule has 21 heavy (non-hydrogen) atoms. The average Bonchev–Trinajstić information content (AvgIpc) is 2.35. The molecule has 0 atom stereocenters. The molecule has 0 aromatic rings. The lowest BCUT2D eigenvalue weighted by atomic mass is 9.80. The summed E-state index contributed by atoms with van der Waals surface area (Å²) in [6.07, 6.45) is 1.82. The van der Waals surface area contributed by atoms with E-state index in [2.05, 4.69) is 31.1 Å². The second kappa shape index (κ2) is 5.43. The lowest BCUT2D eigenvalue weighted by Crippen LogP contribution is -2.70. The normalized spacial score (nSPS) is 25.9. The molecule has 0 aromatic heterocycles. The SMILES string of the molecule is CN1C(C)(C)CNCC12CCN(C(=O)OC(C)(C)C)CC2. The zero-order valence-electron chi connectivity index (χ0n) is 14.5. The maximum absolute atomic E-state index is 12.2. The summed E-state index contributed by atoms with van der Waals surface area (Å²) in [5.41, 5.74) is -0.0933. The van der Waals surface area contributed by atoms with Crippen molar-refractivity contribution < 1.29 is 9.53 Å². The molecule has 0 bridgehead atoms. The van der Waals surface area contributed by atoms with Crippen molar-refractivity contribution in [2.45, 2.75) is 64.1 Å². The van der Waals surface area contributed by atoms with Gasteiger partial charge in [0.25, 0.3) is 0 Å². The van der Waals surface area contributed by atoms with Crippen LogP contribution in [0.5, 0.6) is 0 Å². The second-order valence-electron chi connectivity index (χ2n) is 8.17. The third kappa shape index (κ3) is 3.51. The van der Waals surface area contributed by atoms with Crippen LogP contribution in [-0.2, 0) is 4.74 Å². The van der Waals surface area contributed by atoms with E-state index < -0.39 is 5.60 Å². The highest BCUT2D eigenvalue weighted by atomic mass is 16.6. The van der Waals surface area contributed by atoms with Crippen molar-refractivity contribution in [3.05, 3.63) is 0 Å². The number of hydrogen-bond acceptors (Lipinski definition) is 4. The summed E-state index contributed by atoms with van der Waals surface area (Å²) in [5.74, 6) is 0. The topological polar surface area (TPSA) is 44.8 Å². The first-order chi connectivity index (χ1) is 9.56. The second-order valence-corrected chi connectivity index (χ2v) is 8.17. The van der Waals surface area contributed by atoms with Gasteiger partial charge in [0.05, 0.1) is 0 Å². The zero-order valence-corrected chi connectivity index (χ0v) is 14.5. The van der Waals surface area contributed by atoms with Crippen molar-refractivity contribution in [1.29, 1.82) is 0 Å². The summed E-state index contributed by atoms with van der Waals surface area (Å²) in [4.78, 5) is 16.5. The molecule has 2 rings (SSSR count). The minimum absolute atomic E-state index is 0.159. The number of likely N-dealkylation sites (N-methyl/N-ethyl adjacent to an activating group) is 1. The maximum Gasteiger partial charge on any atom is 0.410 e. The standard InChI is InChI=1S/C16H31N3O2/c1-14(2,3)21-13(20)19-9-7-16(8-10-19)12-17-11-15(4,5)18(16)6/h17H,7-12H2,1-6H3. The summed E-state index contributed by atoms with van der Waals surface area (Å²) in [5, 5.41) is 3.57. The Morgan fingerprint density at radius 1 is 1.14 bits per heavy atom. The Morgan fingerprint density at radius 2 is 1.71 bits per heavy atom. The average molecular weight is 297 g/mol. The fourth-order valence-corrected chi connectivity index (χ4v) is 3.42. The molecule has 2 fully saturated rings. The van der Waals surface area contributed by atoms with E-state index in [0.717, 1.165) is 39.0 Å². The van der Waals surface area contributed by atoms with Crippen LogP contribution in [-0.4, -0.2) is 65.8 Å². The van der Waals surface area contributed by atoms with Crippen molar-refractivity contribution >= 4 is 6.09 Å². The van der Waals surface area contributed by atoms with Gasteiger partial charge < -0.3 is 15.0 Å². The molecule has 2 aliphatic heterocycles. The first-order valence-electron chi connectivity index (χ1n) is 7.98. The lowest BCUT2D eigenvalue weighted by molar-refractivity contribution is -0.0507. The Morgan fingerprint density at radius 3 is 2.24 bits per heavy atom. The quantitative estimate of drug-likeness (QED) is 0.743. The van der Waals surface area contributed by atoms with Crippen molar-refractivity contribution in [2.75, 3.05) is 33.2 Å². The van der Waals surface area contributed by atoms with E-state index in [1.807, 2.05) is 25.7 Å². The predicted octanol–water partition coefficient (Wildman–Crippen LogP) is 2.07. The molecular weight excluding hydrogens is 266 g/mol. The molecule has 5 nitrogen and oxygen atoms in total. The third-order valence-corrected chi connectivity index (χ3v) is 4.98. The van der Waals surface area contributed by atoms with Gasteiger partial charge in [-0.25, -0.2) is 4.79 Å². The zero-order chi connectivity index (χ0) is 15.9. The van der Waals surface area contributed by atoms with Crippen LogP contribution in [0.3, 0.4) is 0 Å². The number of amides is 1. The van der Waals surface area contributed by atoms with E-state index >= 15 is 0 Å². The van der Waals surface area contributed by atoms with Crippen molar-refractivity contribution in [3.8, 4) is 0 Å². The van der Waals surface area contributed by atoms with Gasteiger partial charge in [0.15, 0.2) is 0 Å². The van der Waals surface area contributed by atoms with E-state index in [4.69, 9.17) is 4.74 Å². The van der Waals surface area contributed by atoms with Crippen LogP contribution in [0.25, 0.3) is 0 Å². The van der Waals surface area contributed by atoms with Crippen LogP contribution in [0.2, 0.25) is 0 Å². The summed E-state index contributed by atoms with van der Waals surface area (Å²) in [6, 6.07) is 0. The Kier molecular flexibility index (Phi) is 4.28. The largest absolute Gasteiger partial charge is 0.444 e. The van der Waals surface area contributed by atoms with Crippen LogP contribution in [0, 0.1) is 0 Å². The molecule has 0 aromatic carbocycles. The molecule has 122 valence electrons. The number of likely N-dealkylation sites (tertiary alicyclic amines) is 1. The van der Waals surface area contributed by atoms with Crippen LogP contribution in [0.4, 0.5) is 4.79 Å². The monoisotopic (exact) mass is 297 g/mol. The maximum atomic E-state index is 12.2. The van der Waals surface area contributed by atoms with Gasteiger partial charge in [-0.15, -0.1) is 0 Å². The number of nitrogens with one attached hydrogen (secondary N) is 1. The fraction of sp³-hybridized carbons (Fsp3) is 0.938. The molecule has 2 saturated heterocycles. The van der Waals surface area contributed by atoms with E-state index in [1.165, 1.54) is 0 Å². The van der Waals surface area contributed by atoms with Crippen molar-refractivity contribution in [1.82, 2.24) is 15.1 Å². The summed E-state index contributed by atoms with van der Waals surface area (Å²) < 4.78 is 5.48. The van der Waals surface area contributed by atoms with Gasteiger partial charge in [-0.3, -0.25) is 4.90 Å². The minimum atomic E-state index is -0.419. The van der Waals surface area contributed by atoms with E-state index in [1.54, 1.807) is 0 Å². The molecule has 2 aliphatic rings. The highest BCUT2D eigenvalue weighted by Gasteiger charge is 2.47. The number of hydrogen-bond donors (Lipinski definition) is 1. The Hall–Kier alpha value is -0.810. The number of rotatable bonds is 0. The van der Waals surface area contributed by atoms with Gasteiger partial charge in [-0.05, 0) is 54.5 Å². The van der Waals surface area contributed by atoms with Crippen LogP contribution in [0.15, 0.2) is 0 Å². The smallest absolute Gasteiger partial charge is 0.410 e. The van der Waals surface area contributed by atoms with Gasteiger partial charge >= 0.3 is 6.09 Å². The number of nitrogens with zero attached hydrogens (tertiary/aromatic N) is 2. The summed E-state index contributed by atoms with van der Waals surface area (Å²) in [6.45, 7) is 13.9. The minimum Gasteiger partial charge on any atom is -0.444 e. The lowest BCUT2D eigenvalue weighted by Gasteiger charge is -2.56. The van der Waals surface area contributed by atoms with Crippen molar-refractivity contribution in [3.63, 3.8) is 0 Å². The molecule has 0 aliphatic carbocycles. The number of piperazine rings is 1. The van der Waals surface area contributed by atoms with E-state index in [-0.39, 0.29) is 17.2 Å². The van der Waals surface area contributed by atoms with Crippen molar-refractivity contribution in [2.24, 2.45) is 0 Å². The molecule has 5 heteroatoms. The Bertz CT molecular complexity index is 393. The molecule has 0 saturated carbocycles. The Balaban J connectivity index is 1.98. The molecular formula is C16H31N3O2. The number of ether oxygens (including phenoxy) is 1. The molecule has 2 heterocycles. The highest BCUT2D eigenvalue weighted by Crippen LogP contribution is 2.35. The molecule has 1 spiro atoms. The van der Waals surface area contributed by atoms with Crippen LogP contribution >= 0.6 is 0 Å². The first-order valence-corrected chi connectivity index (χ1v) is 7.98. The predicted molar refractivity (Wildman–Crippen MR) is 84.5 cm³/mol. The molecule has 1 N–H and O–H groups in total. The van der Waals surface area contributed by atoms with Crippen LogP contribution < -0.4 is 5.32 Å². The van der Waals surface area contributed by atoms with Gasteiger partial charge in [-0.1, -0.05) is 0 Å². The van der Waals surface area contributed by atoms with Gasteiger partial charge in [0.1, 0.15) is 5.60 Å².